The number of rotatable bonds is 39. The van der Waals surface area contributed by atoms with Crippen LogP contribution in [0.25, 0.3) is 0 Å². The fourth-order valence-electron chi connectivity index (χ4n) is 9.51. The maximum Gasteiger partial charge on any atom is 0.246 e. The number of hydrogen-bond donors (Lipinski definition) is 11. The zero-order valence-electron chi connectivity index (χ0n) is 52.2. The van der Waals surface area contributed by atoms with Gasteiger partial charge in [0.1, 0.15) is 52.6 Å². The first-order chi connectivity index (χ1) is 37.7. The second-order valence-corrected chi connectivity index (χ2v) is 24.6. The Morgan fingerprint density at radius 2 is 1.15 bits per heavy atom. The average molecular weight is 1150 g/mol. The van der Waals surface area contributed by atoms with E-state index in [4.69, 9.17) is 5.11 Å². The average Bonchev–Trinajstić information content (AvgIpc) is 3.89. The van der Waals surface area contributed by atoms with Crippen molar-refractivity contribution in [2.75, 3.05) is 26.2 Å². The highest BCUT2D eigenvalue weighted by Gasteiger charge is 2.42. The van der Waals surface area contributed by atoms with Crippen molar-refractivity contribution in [2.45, 2.75) is 266 Å². The topological polar surface area (TPSA) is 323 Å². The molecule has 22 heteroatoms. The van der Waals surface area contributed by atoms with Crippen molar-refractivity contribution in [2.24, 2.45) is 23.7 Å². The maximum atomic E-state index is 14.2. The van der Waals surface area contributed by atoms with Crippen LogP contribution in [0.15, 0.2) is 0 Å². The summed E-state index contributed by atoms with van der Waals surface area (Å²) in [5, 5.41) is 44.7. The monoisotopic (exact) mass is 1150 g/mol. The van der Waals surface area contributed by atoms with Gasteiger partial charge in [-0.3, -0.25) is 47.9 Å². The Bertz CT molecular complexity index is 2070. The van der Waals surface area contributed by atoms with Crippen molar-refractivity contribution in [3.63, 3.8) is 0 Å². The SMILES string of the molecule is CCCCCCCCC(C)C(=O)N1CCCC1C(=O)NC(CC(C)CC(O)CC(=O)CC)C(=O)NC(C)C(=O)NC(C)(C)C(=O)NC(C(=O)NC(C(=O)NC(C)(C)C(=O)NC(C)(C)C(=O)NC(C)CNCCO)C(C)CC)C(C)CC. The molecule has 81 heavy (non-hydrogen) atoms. The molecule has 0 bridgehead atoms. The normalized spacial score (nSPS) is 17.6. The number of carbonyl (C=O) groups is 10. The van der Waals surface area contributed by atoms with Crippen LogP contribution in [0.4, 0.5) is 0 Å². The van der Waals surface area contributed by atoms with Gasteiger partial charge < -0.3 is 63.0 Å². The lowest BCUT2D eigenvalue weighted by atomic mass is 9.92. The summed E-state index contributed by atoms with van der Waals surface area (Å²) < 4.78 is 0. The third-order valence-electron chi connectivity index (χ3n) is 15.5. The van der Waals surface area contributed by atoms with Gasteiger partial charge in [0.2, 0.25) is 53.2 Å². The van der Waals surface area contributed by atoms with Crippen LogP contribution in [0.1, 0.15) is 207 Å². The summed E-state index contributed by atoms with van der Waals surface area (Å²) in [7, 11) is 0. The molecule has 466 valence electrons. The molecule has 11 atom stereocenters. The van der Waals surface area contributed by atoms with Gasteiger partial charge in [0.25, 0.3) is 0 Å². The van der Waals surface area contributed by atoms with Gasteiger partial charge in [-0.25, -0.2) is 0 Å². The van der Waals surface area contributed by atoms with Crippen LogP contribution < -0.4 is 47.9 Å². The molecule has 1 heterocycles. The third kappa shape index (κ3) is 25.4. The van der Waals surface area contributed by atoms with E-state index >= 15 is 0 Å². The molecule has 0 saturated carbocycles. The summed E-state index contributed by atoms with van der Waals surface area (Å²) in [5.74, 6) is -7.11. The standard InChI is InChI=1S/C59H108N10O12/c1-17-21-22-23-24-25-27-39(8)53(78)69-30-26-28-45(69)50(75)63-44(33-36(5)32-43(72)34-42(71)20-4)49(74)62-41(10)48(73)66-57(11,12)55(80)65-46(37(6)18-2)51(76)64-47(38(7)19-3)52(77)67-59(15,16)56(81)68-58(13,14)54(79)61-40(9)35-60-29-31-70/h36-41,43-47,60,70,72H,17-35H2,1-16H3,(H,61,79)(H,62,74)(H,63,75)(H,64,76)(H,65,80)(H,66,73)(H,67,77)(H,68,81). The number of hydrogen-bond acceptors (Lipinski definition) is 13. The van der Waals surface area contributed by atoms with Crippen LogP contribution in [0.3, 0.4) is 0 Å². The fourth-order valence-corrected chi connectivity index (χ4v) is 9.51. The quantitative estimate of drug-likeness (QED) is 0.0394. The number of likely N-dealkylation sites (tertiary alicyclic amines) is 1. The minimum absolute atomic E-state index is 0.0302. The van der Waals surface area contributed by atoms with Gasteiger partial charge in [-0.15, -0.1) is 0 Å². The van der Waals surface area contributed by atoms with Gasteiger partial charge in [0.15, 0.2) is 0 Å². The van der Waals surface area contributed by atoms with E-state index in [1.54, 1.807) is 39.5 Å². The molecule has 11 unspecified atom stereocenters. The van der Waals surface area contributed by atoms with Gasteiger partial charge in [0, 0.05) is 44.4 Å². The van der Waals surface area contributed by atoms with Gasteiger partial charge in [-0.2, -0.15) is 0 Å². The molecule has 1 saturated heterocycles. The van der Waals surface area contributed by atoms with E-state index in [0.29, 0.717) is 51.7 Å². The number of ketones is 1. The molecule has 0 radical (unpaired) electrons. The predicted octanol–water partition coefficient (Wildman–Crippen LogP) is 3.33. The number of carbonyl (C=O) groups excluding carboxylic acids is 10. The van der Waals surface area contributed by atoms with Crippen molar-refractivity contribution < 1.29 is 58.2 Å². The highest BCUT2D eigenvalue weighted by Crippen LogP contribution is 2.24. The molecule has 0 aromatic rings. The number of aliphatic hydroxyl groups excluding tert-OH is 2. The molecular formula is C59H108N10O12. The van der Waals surface area contributed by atoms with Crippen molar-refractivity contribution in [3.05, 3.63) is 0 Å². The molecule has 11 N–H and O–H groups in total. The molecule has 0 spiro atoms. The van der Waals surface area contributed by atoms with Crippen LogP contribution in [-0.2, 0) is 47.9 Å². The van der Waals surface area contributed by atoms with E-state index in [-0.39, 0.29) is 61.9 Å². The van der Waals surface area contributed by atoms with Crippen LogP contribution in [0.5, 0.6) is 0 Å². The second kappa shape index (κ2) is 35.7. The van der Waals surface area contributed by atoms with Crippen LogP contribution in [0.2, 0.25) is 0 Å². The molecule has 0 aliphatic carbocycles. The zero-order chi connectivity index (χ0) is 62.0. The van der Waals surface area contributed by atoms with E-state index in [2.05, 4.69) is 54.8 Å². The lowest BCUT2D eigenvalue weighted by Crippen LogP contribution is -2.66. The molecular weight excluding hydrogens is 1040 g/mol. The molecule has 9 amide bonds. The predicted molar refractivity (Wildman–Crippen MR) is 313 cm³/mol. The van der Waals surface area contributed by atoms with Crippen LogP contribution >= 0.6 is 0 Å². The summed E-state index contributed by atoms with van der Waals surface area (Å²) in [6.45, 7) is 27.7. The molecule has 1 aliphatic heterocycles. The number of amides is 9. The lowest BCUT2D eigenvalue weighted by molar-refractivity contribution is -0.142. The summed E-state index contributed by atoms with van der Waals surface area (Å²) in [6, 6.07) is -5.98. The smallest absolute Gasteiger partial charge is 0.246 e. The Labute approximate surface area is 484 Å². The molecule has 0 aromatic heterocycles. The van der Waals surface area contributed by atoms with Gasteiger partial charge in [0.05, 0.1) is 12.7 Å². The van der Waals surface area contributed by atoms with Crippen molar-refractivity contribution >= 4 is 58.9 Å². The summed E-state index contributed by atoms with van der Waals surface area (Å²) in [5.41, 5.74) is -4.64. The van der Waals surface area contributed by atoms with E-state index < -0.39 is 112 Å². The Morgan fingerprint density at radius 3 is 1.73 bits per heavy atom. The van der Waals surface area contributed by atoms with Crippen molar-refractivity contribution in [3.8, 4) is 0 Å². The van der Waals surface area contributed by atoms with E-state index in [1.807, 2.05) is 20.8 Å². The van der Waals surface area contributed by atoms with E-state index in [1.165, 1.54) is 54.9 Å². The number of aliphatic hydroxyl groups is 2. The molecule has 0 aromatic carbocycles. The number of Topliss-reactive ketones (excluding diaryl/α,β-unsaturated/α-hetero) is 1. The second-order valence-electron chi connectivity index (χ2n) is 24.6. The minimum atomic E-state index is -1.68. The Morgan fingerprint density at radius 1 is 0.605 bits per heavy atom. The molecule has 1 fully saturated rings. The lowest BCUT2D eigenvalue weighted by Gasteiger charge is -2.35. The Hall–Kier alpha value is -5.22. The largest absolute Gasteiger partial charge is 0.395 e. The first-order valence-corrected chi connectivity index (χ1v) is 30.0. The summed E-state index contributed by atoms with van der Waals surface area (Å²) in [6.07, 6.45) is 8.50. The van der Waals surface area contributed by atoms with Gasteiger partial charge in [-0.1, -0.05) is 107 Å². The van der Waals surface area contributed by atoms with Gasteiger partial charge in [-0.05, 0) is 105 Å². The first kappa shape index (κ1) is 73.8. The molecule has 22 nitrogen and oxygen atoms in total. The zero-order valence-corrected chi connectivity index (χ0v) is 52.2. The highest BCUT2D eigenvalue weighted by atomic mass is 16.3. The minimum Gasteiger partial charge on any atom is -0.395 e. The van der Waals surface area contributed by atoms with Crippen molar-refractivity contribution in [1.29, 1.82) is 0 Å². The van der Waals surface area contributed by atoms with Crippen LogP contribution in [-0.4, -0.2) is 159 Å². The number of nitrogens with zero attached hydrogens (tertiary/aromatic N) is 1. The number of nitrogens with one attached hydrogen (secondary N) is 9. The van der Waals surface area contributed by atoms with Gasteiger partial charge >= 0.3 is 0 Å². The summed E-state index contributed by atoms with van der Waals surface area (Å²) >= 11 is 0. The Kier molecular flexibility index (Phi) is 32.5. The first-order valence-electron chi connectivity index (χ1n) is 30.0. The summed E-state index contributed by atoms with van der Waals surface area (Å²) in [4.78, 5) is 139. The highest BCUT2D eigenvalue weighted by molar-refractivity contribution is 6.00. The van der Waals surface area contributed by atoms with Crippen LogP contribution in [0, 0.1) is 23.7 Å². The van der Waals surface area contributed by atoms with E-state index in [9.17, 15) is 53.1 Å². The van der Waals surface area contributed by atoms with Crippen molar-refractivity contribution in [1.82, 2.24) is 52.8 Å². The molecule has 1 rings (SSSR count). The maximum absolute atomic E-state index is 14.2. The third-order valence-corrected chi connectivity index (χ3v) is 15.5. The van der Waals surface area contributed by atoms with E-state index in [0.717, 1.165) is 32.1 Å². The number of unbranched alkanes of at least 4 members (excludes halogenated alkanes) is 5. The fraction of sp³-hybridized carbons (Fsp3) is 0.831. The molecule has 1 aliphatic rings. The Balaban J connectivity index is 3.26.